The van der Waals surface area contributed by atoms with Gasteiger partial charge in [-0.3, -0.25) is 0 Å². The summed E-state index contributed by atoms with van der Waals surface area (Å²) in [6.45, 7) is 0. The SMILES string of the molecule is S=[PH](S)OC1CCCCC1. The molecule has 1 atom stereocenters. The molecule has 0 radical (unpaired) electrons. The molecular weight excluding hydrogens is 183 g/mol. The van der Waals surface area contributed by atoms with Crippen LogP contribution in [0, 0.1) is 0 Å². The van der Waals surface area contributed by atoms with Crippen LogP contribution in [0.25, 0.3) is 0 Å². The molecule has 0 bridgehead atoms. The summed E-state index contributed by atoms with van der Waals surface area (Å²) in [5.74, 6) is 0. The van der Waals surface area contributed by atoms with Crippen LogP contribution in [0.5, 0.6) is 0 Å². The maximum absolute atomic E-state index is 5.47. The summed E-state index contributed by atoms with van der Waals surface area (Å²) in [5, 5.41) is 0. The Morgan fingerprint density at radius 3 is 2.40 bits per heavy atom. The average Bonchev–Trinajstić information content (AvgIpc) is 1.88. The lowest BCUT2D eigenvalue weighted by atomic mass is 9.98. The van der Waals surface area contributed by atoms with E-state index in [1.807, 2.05) is 0 Å². The van der Waals surface area contributed by atoms with Gasteiger partial charge in [0.15, 0.2) is 0 Å². The fourth-order valence-corrected chi connectivity index (χ4v) is 2.70. The molecule has 0 heterocycles. The Balaban J connectivity index is 2.19. The fourth-order valence-electron chi connectivity index (χ4n) is 1.33. The molecule has 0 aromatic carbocycles. The van der Waals surface area contributed by atoms with Crippen molar-refractivity contribution in [1.82, 2.24) is 0 Å². The lowest BCUT2D eigenvalue weighted by Crippen LogP contribution is -2.12. The molecule has 0 N–H and O–H groups in total. The van der Waals surface area contributed by atoms with Crippen LogP contribution in [0.15, 0.2) is 0 Å². The van der Waals surface area contributed by atoms with Crippen LogP contribution >= 0.6 is 18.4 Å². The first-order chi connectivity index (χ1) is 4.79. The van der Waals surface area contributed by atoms with Gasteiger partial charge in [-0.25, -0.2) is 0 Å². The van der Waals surface area contributed by atoms with E-state index in [4.69, 9.17) is 16.3 Å². The van der Waals surface area contributed by atoms with Crippen molar-refractivity contribution in [2.75, 3.05) is 0 Å². The quantitative estimate of drug-likeness (QED) is 0.537. The zero-order chi connectivity index (χ0) is 7.40. The van der Waals surface area contributed by atoms with Crippen molar-refractivity contribution in [3.8, 4) is 0 Å². The van der Waals surface area contributed by atoms with Crippen molar-refractivity contribution in [2.45, 2.75) is 38.2 Å². The van der Waals surface area contributed by atoms with E-state index in [0.717, 1.165) is 0 Å². The van der Waals surface area contributed by atoms with Crippen LogP contribution in [-0.4, -0.2) is 6.10 Å². The second-order valence-corrected chi connectivity index (χ2v) is 6.65. The second kappa shape index (κ2) is 4.76. The zero-order valence-corrected chi connectivity index (χ0v) is 8.59. The van der Waals surface area contributed by atoms with Gasteiger partial charge < -0.3 is 4.52 Å². The molecule has 0 aromatic heterocycles. The highest BCUT2D eigenvalue weighted by atomic mass is 32.9. The number of thiol groups is 1. The predicted molar refractivity (Wildman–Crippen MR) is 52.6 cm³/mol. The molecule has 1 fully saturated rings. The third-order valence-electron chi connectivity index (χ3n) is 1.82. The first-order valence-electron chi connectivity index (χ1n) is 3.68. The van der Waals surface area contributed by atoms with Crippen LogP contribution in [0.2, 0.25) is 0 Å². The fraction of sp³-hybridized carbons (Fsp3) is 1.00. The van der Waals surface area contributed by atoms with E-state index < -0.39 is 6.13 Å². The summed E-state index contributed by atoms with van der Waals surface area (Å²) in [6, 6.07) is 0. The van der Waals surface area contributed by atoms with E-state index >= 15 is 0 Å². The molecule has 4 heteroatoms. The van der Waals surface area contributed by atoms with Crippen LogP contribution in [0.1, 0.15) is 32.1 Å². The molecule has 0 aromatic rings. The van der Waals surface area contributed by atoms with E-state index in [1.165, 1.54) is 32.1 Å². The largest absolute Gasteiger partial charge is 0.341 e. The van der Waals surface area contributed by atoms with Crippen molar-refractivity contribution in [3.05, 3.63) is 0 Å². The van der Waals surface area contributed by atoms with Gasteiger partial charge in [-0.2, -0.15) is 0 Å². The summed E-state index contributed by atoms with van der Waals surface area (Å²) >= 11 is 9.01. The standard InChI is InChI=1S/C6H13OPS2/c9-8(10)7-6-4-2-1-3-5-6/h6,8H,1-5H2,(H,9,10). The molecule has 1 nitrogen and oxygen atoms in total. The van der Waals surface area contributed by atoms with Gasteiger partial charge in [0, 0.05) is 0 Å². The Hall–Kier alpha value is 0.960. The number of hydrogen-bond donors (Lipinski definition) is 1. The minimum atomic E-state index is -1.16. The second-order valence-electron chi connectivity index (χ2n) is 2.64. The van der Waals surface area contributed by atoms with Gasteiger partial charge >= 0.3 is 0 Å². The van der Waals surface area contributed by atoms with Gasteiger partial charge in [-0.15, -0.1) is 12.2 Å². The number of rotatable bonds is 2. The highest BCUT2D eigenvalue weighted by molar-refractivity contribution is 8.54. The maximum Gasteiger partial charge on any atom is 0.105 e. The molecule has 0 saturated heterocycles. The molecule has 0 spiro atoms. The summed E-state index contributed by atoms with van der Waals surface area (Å²) in [6.07, 6.45) is 5.67. The maximum atomic E-state index is 5.47. The normalized spacial score (nSPS) is 24.5. The van der Waals surface area contributed by atoms with Crippen LogP contribution in [0.4, 0.5) is 0 Å². The van der Waals surface area contributed by atoms with Crippen molar-refractivity contribution in [3.63, 3.8) is 0 Å². The van der Waals surface area contributed by atoms with Crippen molar-refractivity contribution < 1.29 is 4.52 Å². The van der Waals surface area contributed by atoms with Crippen LogP contribution in [-0.2, 0) is 16.3 Å². The Bertz CT molecular complexity index is 123. The molecule has 1 aliphatic carbocycles. The van der Waals surface area contributed by atoms with Crippen LogP contribution in [0.3, 0.4) is 0 Å². The molecule has 1 aliphatic rings. The predicted octanol–water partition coefficient (Wildman–Crippen LogP) is 2.77. The average molecular weight is 196 g/mol. The minimum absolute atomic E-state index is 0.442. The summed E-state index contributed by atoms with van der Waals surface area (Å²) in [4.78, 5) is 0. The molecular formula is C6H13OPS2. The van der Waals surface area contributed by atoms with E-state index in [0.29, 0.717) is 6.10 Å². The Kier molecular flexibility index (Phi) is 4.31. The molecule has 1 unspecified atom stereocenters. The topological polar surface area (TPSA) is 9.23 Å². The van der Waals surface area contributed by atoms with Gasteiger partial charge in [-0.1, -0.05) is 31.1 Å². The lowest BCUT2D eigenvalue weighted by Gasteiger charge is -2.21. The molecule has 1 rings (SSSR count). The Morgan fingerprint density at radius 1 is 1.30 bits per heavy atom. The van der Waals surface area contributed by atoms with Gasteiger partial charge in [0.05, 0.1) is 6.10 Å². The molecule has 0 aliphatic heterocycles. The van der Waals surface area contributed by atoms with Crippen molar-refractivity contribution in [2.24, 2.45) is 0 Å². The molecule has 10 heavy (non-hydrogen) atoms. The summed E-state index contributed by atoms with van der Waals surface area (Å²) < 4.78 is 5.47. The van der Waals surface area contributed by atoms with Gasteiger partial charge in [-0.05, 0) is 12.8 Å². The van der Waals surface area contributed by atoms with Crippen LogP contribution < -0.4 is 0 Å². The Morgan fingerprint density at radius 2 is 1.90 bits per heavy atom. The monoisotopic (exact) mass is 196 g/mol. The highest BCUT2D eigenvalue weighted by Gasteiger charge is 2.13. The van der Waals surface area contributed by atoms with Gasteiger partial charge in [0.25, 0.3) is 0 Å². The molecule has 0 amide bonds. The third kappa shape index (κ3) is 3.38. The first kappa shape index (κ1) is 9.05. The summed E-state index contributed by atoms with van der Waals surface area (Å²) in [7, 11) is 0. The lowest BCUT2D eigenvalue weighted by molar-refractivity contribution is 0.181. The highest BCUT2D eigenvalue weighted by Crippen LogP contribution is 2.34. The Labute approximate surface area is 73.2 Å². The minimum Gasteiger partial charge on any atom is -0.341 e. The zero-order valence-electron chi connectivity index (χ0n) is 5.88. The van der Waals surface area contributed by atoms with Gasteiger partial charge in [0.2, 0.25) is 0 Å². The molecule has 60 valence electrons. The van der Waals surface area contributed by atoms with Crippen molar-refractivity contribution >= 4 is 30.2 Å². The van der Waals surface area contributed by atoms with E-state index in [1.54, 1.807) is 0 Å². The van der Waals surface area contributed by atoms with Gasteiger partial charge in [0.1, 0.15) is 6.13 Å². The first-order valence-corrected chi connectivity index (χ1v) is 7.51. The van der Waals surface area contributed by atoms with Crippen molar-refractivity contribution in [1.29, 1.82) is 0 Å². The van der Waals surface area contributed by atoms with E-state index in [9.17, 15) is 0 Å². The summed E-state index contributed by atoms with van der Waals surface area (Å²) in [5.41, 5.74) is 0. The third-order valence-corrected chi connectivity index (χ3v) is 2.96. The van der Waals surface area contributed by atoms with E-state index in [2.05, 4.69) is 12.2 Å². The smallest absolute Gasteiger partial charge is 0.105 e. The molecule has 1 saturated carbocycles. The van der Waals surface area contributed by atoms with E-state index in [-0.39, 0.29) is 0 Å². The number of hydrogen-bond acceptors (Lipinski definition) is 2.